The monoisotopic (exact) mass is 257 g/mol. The lowest BCUT2D eigenvalue weighted by Gasteiger charge is -2.11. The normalized spacial score (nSPS) is 13.0. The molecule has 5 heteroatoms. The Balaban J connectivity index is 2.08. The number of H-pyrrole nitrogens is 2. The van der Waals surface area contributed by atoms with Gasteiger partial charge in [0.1, 0.15) is 11.5 Å². The number of aryl methyl sites for hydroxylation is 2. The topological polar surface area (TPSA) is 87.8 Å². The SMILES string of the molecule is Cc1cc(C(N)c2ccc3[nH]c(=O)[nH]c3c2)c(C)o1. The van der Waals surface area contributed by atoms with Crippen LogP contribution < -0.4 is 11.4 Å². The van der Waals surface area contributed by atoms with E-state index in [9.17, 15) is 4.79 Å². The van der Waals surface area contributed by atoms with E-state index < -0.39 is 0 Å². The molecule has 98 valence electrons. The molecular formula is C14H15N3O2. The van der Waals surface area contributed by atoms with Gasteiger partial charge >= 0.3 is 5.69 Å². The van der Waals surface area contributed by atoms with Crippen molar-refractivity contribution in [1.29, 1.82) is 0 Å². The zero-order valence-corrected chi connectivity index (χ0v) is 10.8. The summed E-state index contributed by atoms with van der Waals surface area (Å²) in [5.41, 5.74) is 9.50. The predicted molar refractivity (Wildman–Crippen MR) is 73.1 cm³/mol. The lowest BCUT2D eigenvalue weighted by atomic mass is 9.99. The molecule has 1 unspecified atom stereocenters. The maximum absolute atomic E-state index is 11.2. The molecular weight excluding hydrogens is 242 g/mol. The molecule has 0 radical (unpaired) electrons. The number of fused-ring (bicyclic) bond motifs is 1. The average Bonchev–Trinajstić information content (AvgIpc) is 2.88. The Hall–Kier alpha value is -2.27. The van der Waals surface area contributed by atoms with Crippen LogP contribution in [0.4, 0.5) is 0 Å². The van der Waals surface area contributed by atoms with E-state index in [2.05, 4.69) is 9.97 Å². The van der Waals surface area contributed by atoms with Crippen LogP contribution >= 0.6 is 0 Å². The second-order valence-electron chi connectivity index (χ2n) is 4.73. The van der Waals surface area contributed by atoms with Gasteiger partial charge in [0.15, 0.2) is 0 Å². The summed E-state index contributed by atoms with van der Waals surface area (Å²) in [5.74, 6) is 1.67. The zero-order chi connectivity index (χ0) is 13.6. The molecule has 3 aromatic rings. The van der Waals surface area contributed by atoms with Crippen molar-refractivity contribution in [3.05, 3.63) is 57.4 Å². The van der Waals surface area contributed by atoms with Gasteiger partial charge in [0.2, 0.25) is 0 Å². The van der Waals surface area contributed by atoms with Crippen LogP contribution in [0.25, 0.3) is 11.0 Å². The van der Waals surface area contributed by atoms with Crippen LogP contribution in [0.15, 0.2) is 33.5 Å². The van der Waals surface area contributed by atoms with Crippen molar-refractivity contribution in [3.63, 3.8) is 0 Å². The molecule has 0 fully saturated rings. The number of nitrogens with two attached hydrogens (primary N) is 1. The lowest BCUT2D eigenvalue weighted by molar-refractivity contribution is 0.499. The van der Waals surface area contributed by atoms with Gasteiger partial charge in [-0.25, -0.2) is 4.79 Å². The van der Waals surface area contributed by atoms with Crippen LogP contribution in [-0.4, -0.2) is 9.97 Å². The first kappa shape index (κ1) is 11.8. The Morgan fingerprint density at radius 1 is 1.16 bits per heavy atom. The van der Waals surface area contributed by atoms with E-state index >= 15 is 0 Å². The van der Waals surface area contributed by atoms with Crippen molar-refractivity contribution in [2.45, 2.75) is 19.9 Å². The average molecular weight is 257 g/mol. The Labute approximate surface area is 109 Å². The van der Waals surface area contributed by atoms with Crippen molar-refractivity contribution in [3.8, 4) is 0 Å². The van der Waals surface area contributed by atoms with E-state index in [1.165, 1.54) is 0 Å². The van der Waals surface area contributed by atoms with Crippen LogP contribution in [-0.2, 0) is 0 Å². The summed E-state index contributed by atoms with van der Waals surface area (Å²) in [6, 6.07) is 7.34. The quantitative estimate of drug-likeness (QED) is 0.657. The number of furan rings is 1. The van der Waals surface area contributed by atoms with E-state index in [0.717, 1.165) is 33.7 Å². The second kappa shape index (κ2) is 4.13. The van der Waals surface area contributed by atoms with Crippen molar-refractivity contribution in [2.24, 2.45) is 5.73 Å². The molecule has 0 bridgehead atoms. The minimum atomic E-state index is -0.264. The van der Waals surface area contributed by atoms with Crippen molar-refractivity contribution >= 4 is 11.0 Å². The Morgan fingerprint density at radius 2 is 1.89 bits per heavy atom. The minimum absolute atomic E-state index is 0.212. The van der Waals surface area contributed by atoms with Gasteiger partial charge in [0, 0.05) is 5.56 Å². The van der Waals surface area contributed by atoms with Crippen molar-refractivity contribution in [1.82, 2.24) is 9.97 Å². The van der Waals surface area contributed by atoms with Crippen LogP contribution in [0.5, 0.6) is 0 Å². The summed E-state index contributed by atoms with van der Waals surface area (Å²) in [5, 5.41) is 0. The van der Waals surface area contributed by atoms with Gasteiger partial charge in [-0.1, -0.05) is 6.07 Å². The maximum Gasteiger partial charge on any atom is 0.323 e. The number of aromatic nitrogens is 2. The first-order chi connectivity index (χ1) is 9.04. The standard InChI is InChI=1S/C14H15N3O2/c1-7-5-10(8(2)19-7)13(15)9-3-4-11-12(6-9)17-14(18)16-11/h3-6,13H,15H2,1-2H3,(H2,16,17,18). The molecule has 0 aliphatic carbocycles. The van der Waals surface area contributed by atoms with Gasteiger partial charge in [0.25, 0.3) is 0 Å². The number of hydrogen-bond donors (Lipinski definition) is 3. The first-order valence-electron chi connectivity index (χ1n) is 6.09. The summed E-state index contributed by atoms with van der Waals surface area (Å²) < 4.78 is 5.50. The van der Waals surface area contributed by atoms with E-state index in [1.807, 2.05) is 38.1 Å². The van der Waals surface area contributed by atoms with Crippen LogP contribution in [0, 0.1) is 13.8 Å². The van der Waals surface area contributed by atoms with Gasteiger partial charge in [-0.05, 0) is 37.6 Å². The highest BCUT2D eigenvalue weighted by molar-refractivity contribution is 5.75. The fourth-order valence-corrected chi connectivity index (χ4v) is 2.38. The zero-order valence-electron chi connectivity index (χ0n) is 10.8. The van der Waals surface area contributed by atoms with E-state index in [-0.39, 0.29) is 11.7 Å². The molecule has 0 spiro atoms. The third-order valence-corrected chi connectivity index (χ3v) is 3.31. The second-order valence-corrected chi connectivity index (χ2v) is 4.73. The summed E-state index contributed by atoms with van der Waals surface area (Å²) in [7, 11) is 0. The van der Waals surface area contributed by atoms with Gasteiger partial charge in [0.05, 0.1) is 17.1 Å². The van der Waals surface area contributed by atoms with E-state index in [4.69, 9.17) is 10.2 Å². The van der Waals surface area contributed by atoms with E-state index in [0.29, 0.717) is 0 Å². The van der Waals surface area contributed by atoms with E-state index in [1.54, 1.807) is 0 Å². The molecule has 0 saturated carbocycles. The van der Waals surface area contributed by atoms with Crippen LogP contribution in [0.2, 0.25) is 0 Å². The summed E-state index contributed by atoms with van der Waals surface area (Å²) >= 11 is 0. The highest BCUT2D eigenvalue weighted by atomic mass is 16.3. The number of rotatable bonds is 2. The smallest absolute Gasteiger partial charge is 0.323 e. The molecule has 0 amide bonds. The maximum atomic E-state index is 11.2. The number of imidazole rings is 1. The molecule has 0 aliphatic heterocycles. The molecule has 0 saturated heterocycles. The van der Waals surface area contributed by atoms with Crippen LogP contribution in [0.1, 0.15) is 28.7 Å². The Bertz CT molecular complexity index is 794. The summed E-state index contributed by atoms with van der Waals surface area (Å²) in [4.78, 5) is 16.7. The van der Waals surface area contributed by atoms with Crippen molar-refractivity contribution < 1.29 is 4.42 Å². The van der Waals surface area contributed by atoms with Gasteiger partial charge < -0.3 is 20.1 Å². The summed E-state index contributed by atoms with van der Waals surface area (Å²) in [6.45, 7) is 3.80. The Morgan fingerprint density at radius 3 is 2.58 bits per heavy atom. The molecule has 1 aromatic carbocycles. The van der Waals surface area contributed by atoms with Crippen LogP contribution in [0.3, 0.4) is 0 Å². The molecule has 2 heterocycles. The molecule has 4 N–H and O–H groups in total. The number of nitrogens with one attached hydrogen (secondary N) is 2. The molecule has 19 heavy (non-hydrogen) atoms. The van der Waals surface area contributed by atoms with Crippen molar-refractivity contribution in [2.75, 3.05) is 0 Å². The fourth-order valence-electron chi connectivity index (χ4n) is 2.38. The minimum Gasteiger partial charge on any atom is -0.466 e. The highest BCUT2D eigenvalue weighted by Gasteiger charge is 2.15. The number of hydrogen-bond acceptors (Lipinski definition) is 3. The molecule has 2 aromatic heterocycles. The first-order valence-corrected chi connectivity index (χ1v) is 6.09. The molecule has 1 atom stereocenters. The third-order valence-electron chi connectivity index (χ3n) is 3.31. The highest BCUT2D eigenvalue weighted by Crippen LogP contribution is 2.26. The molecule has 3 rings (SSSR count). The third kappa shape index (κ3) is 1.98. The predicted octanol–water partition coefficient (Wildman–Crippen LogP) is 2.11. The Kier molecular flexibility index (Phi) is 2.57. The fraction of sp³-hybridized carbons (Fsp3) is 0.214. The molecule has 5 nitrogen and oxygen atoms in total. The lowest BCUT2D eigenvalue weighted by Crippen LogP contribution is -2.12. The molecule has 0 aliphatic rings. The largest absolute Gasteiger partial charge is 0.466 e. The van der Waals surface area contributed by atoms with Gasteiger partial charge in [-0.2, -0.15) is 0 Å². The van der Waals surface area contributed by atoms with Gasteiger partial charge in [-0.15, -0.1) is 0 Å². The van der Waals surface area contributed by atoms with Gasteiger partial charge in [-0.3, -0.25) is 0 Å². The number of aromatic amines is 2. The summed E-state index contributed by atoms with van der Waals surface area (Å²) in [6.07, 6.45) is 0. The number of benzene rings is 1.